The van der Waals surface area contributed by atoms with Crippen LogP contribution in [0.3, 0.4) is 0 Å². The summed E-state index contributed by atoms with van der Waals surface area (Å²) in [5.41, 5.74) is 0.681. The summed E-state index contributed by atoms with van der Waals surface area (Å²) in [4.78, 5) is 11.1. The number of carbonyl (C=O) groups excluding carboxylic acids is 1. The summed E-state index contributed by atoms with van der Waals surface area (Å²) in [6.45, 7) is 0.132. The van der Waals surface area contributed by atoms with E-state index in [-0.39, 0.29) is 17.6 Å². The Morgan fingerprint density at radius 3 is 2.88 bits per heavy atom. The maximum absolute atomic E-state index is 11.1. The monoisotopic (exact) mass is 292 g/mol. The van der Waals surface area contributed by atoms with Crippen LogP contribution in [0.25, 0.3) is 0 Å². The van der Waals surface area contributed by atoms with Crippen LogP contribution in [0.15, 0.2) is 24.3 Å². The van der Waals surface area contributed by atoms with Crippen molar-refractivity contribution < 1.29 is 9.53 Å². The summed E-state index contributed by atoms with van der Waals surface area (Å²) >= 11 is 16.1. The van der Waals surface area contributed by atoms with Gasteiger partial charge >= 0.3 is 6.09 Å². The molecular formula is C10H10Cl2N2O2S. The first-order valence-corrected chi connectivity index (χ1v) is 6.00. The van der Waals surface area contributed by atoms with E-state index < -0.39 is 6.09 Å². The molecule has 0 heterocycles. The molecule has 0 unspecified atom stereocenters. The van der Waals surface area contributed by atoms with Crippen LogP contribution in [0.4, 0.5) is 10.5 Å². The van der Waals surface area contributed by atoms with Crippen LogP contribution < -0.4 is 10.6 Å². The van der Waals surface area contributed by atoms with E-state index in [9.17, 15) is 4.79 Å². The van der Waals surface area contributed by atoms with Crippen LogP contribution >= 0.6 is 35.4 Å². The molecule has 92 valence electrons. The van der Waals surface area contributed by atoms with E-state index in [0.717, 1.165) is 0 Å². The van der Waals surface area contributed by atoms with E-state index in [1.54, 1.807) is 24.3 Å². The van der Waals surface area contributed by atoms with Crippen LogP contribution in [0.2, 0.25) is 5.02 Å². The van der Waals surface area contributed by atoms with Gasteiger partial charge in [0.05, 0.1) is 5.88 Å². The molecule has 0 saturated heterocycles. The Morgan fingerprint density at radius 1 is 1.47 bits per heavy atom. The normalized spacial score (nSPS) is 9.53. The van der Waals surface area contributed by atoms with Gasteiger partial charge in [-0.1, -0.05) is 17.7 Å². The van der Waals surface area contributed by atoms with E-state index in [2.05, 4.69) is 15.4 Å². The molecule has 0 aliphatic heterocycles. The van der Waals surface area contributed by atoms with Gasteiger partial charge < -0.3 is 10.1 Å². The predicted octanol–water partition coefficient (Wildman–Crippen LogP) is 3.00. The molecule has 0 saturated carbocycles. The number of alkyl halides is 1. The lowest BCUT2D eigenvalue weighted by Gasteiger charge is -2.09. The highest BCUT2D eigenvalue weighted by Crippen LogP contribution is 2.14. The minimum Gasteiger partial charge on any atom is -0.448 e. The van der Waals surface area contributed by atoms with E-state index in [4.69, 9.17) is 35.4 Å². The van der Waals surface area contributed by atoms with E-state index in [0.29, 0.717) is 10.7 Å². The molecule has 0 bridgehead atoms. The number of halogens is 2. The second-order valence-electron chi connectivity index (χ2n) is 2.91. The van der Waals surface area contributed by atoms with Crippen molar-refractivity contribution >= 4 is 52.3 Å². The number of benzene rings is 1. The van der Waals surface area contributed by atoms with Gasteiger partial charge in [-0.15, -0.1) is 11.6 Å². The third-order valence-electron chi connectivity index (χ3n) is 1.61. The smallest absolute Gasteiger partial charge is 0.413 e. The topological polar surface area (TPSA) is 50.4 Å². The largest absolute Gasteiger partial charge is 0.448 e. The number of nitrogens with one attached hydrogen (secondary N) is 2. The quantitative estimate of drug-likeness (QED) is 0.664. The predicted molar refractivity (Wildman–Crippen MR) is 72.9 cm³/mol. The van der Waals surface area contributed by atoms with Crippen LogP contribution in [0.5, 0.6) is 0 Å². The number of alkyl carbamates (subject to hydrolysis) is 1. The Kier molecular flexibility index (Phi) is 6.04. The maximum Gasteiger partial charge on any atom is 0.413 e. The Bertz CT molecular complexity index is 415. The molecule has 0 aliphatic carbocycles. The summed E-state index contributed by atoms with van der Waals surface area (Å²) in [6.07, 6.45) is -0.648. The number of thiocarbonyl (C=S) groups is 1. The molecule has 1 aromatic rings. The Labute approximate surface area is 114 Å². The van der Waals surface area contributed by atoms with Crippen molar-refractivity contribution in [1.82, 2.24) is 5.32 Å². The van der Waals surface area contributed by atoms with Crippen molar-refractivity contribution in [3.8, 4) is 0 Å². The summed E-state index contributed by atoms with van der Waals surface area (Å²) in [5.74, 6) is 0.238. The highest BCUT2D eigenvalue weighted by molar-refractivity contribution is 7.80. The average molecular weight is 293 g/mol. The lowest BCUT2D eigenvalue weighted by molar-refractivity contribution is 0.158. The van der Waals surface area contributed by atoms with E-state index in [1.807, 2.05) is 0 Å². The molecule has 1 rings (SSSR count). The fourth-order valence-electron chi connectivity index (χ4n) is 0.989. The summed E-state index contributed by atoms with van der Waals surface area (Å²) in [7, 11) is 0. The third-order valence-corrected chi connectivity index (χ3v) is 2.20. The van der Waals surface area contributed by atoms with Crippen LogP contribution in [0, 0.1) is 0 Å². The Hall–Kier alpha value is -1.04. The molecule has 1 amide bonds. The molecule has 7 heteroatoms. The van der Waals surface area contributed by atoms with Crippen molar-refractivity contribution in [3.63, 3.8) is 0 Å². The van der Waals surface area contributed by atoms with Crippen molar-refractivity contribution in [2.24, 2.45) is 0 Å². The molecule has 2 N–H and O–H groups in total. The zero-order valence-electron chi connectivity index (χ0n) is 8.70. The van der Waals surface area contributed by atoms with Gasteiger partial charge in [0, 0.05) is 10.7 Å². The molecular weight excluding hydrogens is 283 g/mol. The van der Waals surface area contributed by atoms with Crippen molar-refractivity contribution in [2.75, 3.05) is 17.8 Å². The highest BCUT2D eigenvalue weighted by atomic mass is 35.5. The van der Waals surface area contributed by atoms with Crippen LogP contribution in [-0.4, -0.2) is 23.7 Å². The molecule has 0 aromatic heterocycles. The van der Waals surface area contributed by atoms with Crippen LogP contribution in [-0.2, 0) is 4.74 Å². The summed E-state index contributed by atoms with van der Waals surface area (Å²) < 4.78 is 4.69. The average Bonchev–Trinajstić information content (AvgIpc) is 2.26. The van der Waals surface area contributed by atoms with Gasteiger partial charge in [-0.25, -0.2) is 4.79 Å². The number of rotatable bonds is 3. The summed E-state index contributed by atoms with van der Waals surface area (Å²) in [6, 6.07) is 6.95. The van der Waals surface area contributed by atoms with Gasteiger partial charge in [0.25, 0.3) is 0 Å². The van der Waals surface area contributed by atoms with Gasteiger partial charge in [-0.05, 0) is 30.4 Å². The number of ether oxygens (including phenoxy) is 1. The number of hydrogen-bond donors (Lipinski definition) is 2. The van der Waals surface area contributed by atoms with Crippen molar-refractivity contribution in [3.05, 3.63) is 29.3 Å². The molecule has 17 heavy (non-hydrogen) atoms. The second kappa shape index (κ2) is 7.32. The van der Waals surface area contributed by atoms with E-state index >= 15 is 0 Å². The molecule has 1 aromatic carbocycles. The number of hydrogen-bond acceptors (Lipinski definition) is 3. The molecule has 4 nitrogen and oxygen atoms in total. The highest BCUT2D eigenvalue weighted by Gasteiger charge is 2.05. The first-order chi connectivity index (χ1) is 8.11. The van der Waals surface area contributed by atoms with Crippen LogP contribution in [0.1, 0.15) is 0 Å². The minimum atomic E-state index is -0.648. The fourth-order valence-corrected chi connectivity index (χ4v) is 1.46. The standard InChI is InChI=1S/C10H10Cl2N2O2S/c11-4-5-16-10(15)14-9(17)13-8-3-1-2-7(12)6-8/h1-3,6H,4-5H2,(H2,13,14,15,17). The van der Waals surface area contributed by atoms with E-state index in [1.165, 1.54) is 0 Å². The molecule has 0 fully saturated rings. The summed E-state index contributed by atoms with van der Waals surface area (Å²) in [5, 5.41) is 5.84. The SMILES string of the molecule is O=C(NC(=S)Nc1cccc(Cl)c1)OCCCl. The Balaban J connectivity index is 2.42. The van der Waals surface area contributed by atoms with Gasteiger partial charge in [0.15, 0.2) is 5.11 Å². The first-order valence-electron chi connectivity index (χ1n) is 4.68. The van der Waals surface area contributed by atoms with Gasteiger partial charge in [-0.2, -0.15) is 0 Å². The molecule has 0 aliphatic rings. The zero-order chi connectivity index (χ0) is 12.7. The van der Waals surface area contributed by atoms with Gasteiger partial charge in [0.1, 0.15) is 6.61 Å². The molecule has 0 atom stereocenters. The second-order valence-corrected chi connectivity index (χ2v) is 4.14. The number of amides is 1. The van der Waals surface area contributed by atoms with Crippen molar-refractivity contribution in [1.29, 1.82) is 0 Å². The molecule has 0 radical (unpaired) electrons. The fraction of sp³-hybridized carbons (Fsp3) is 0.200. The lowest BCUT2D eigenvalue weighted by atomic mass is 10.3. The number of anilines is 1. The maximum atomic E-state index is 11.1. The number of carbonyl (C=O) groups is 1. The lowest BCUT2D eigenvalue weighted by Crippen LogP contribution is -2.34. The Morgan fingerprint density at radius 2 is 2.24 bits per heavy atom. The van der Waals surface area contributed by atoms with Gasteiger partial charge in [0.2, 0.25) is 0 Å². The first kappa shape index (κ1) is 14.0. The third kappa shape index (κ3) is 5.72. The van der Waals surface area contributed by atoms with Gasteiger partial charge in [-0.3, -0.25) is 5.32 Å². The minimum absolute atomic E-state index is 0.131. The zero-order valence-corrected chi connectivity index (χ0v) is 11.0. The molecule has 0 spiro atoms. The van der Waals surface area contributed by atoms with Crippen molar-refractivity contribution in [2.45, 2.75) is 0 Å².